The Balaban J connectivity index is 1.60. The fraction of sp³-hybridized carbons (Fsp3) is 0.400. The van der Waals surface area contributed by atoms with Gasteiger partial charge in [-0.25, -0.2) is 35.1 Å². The molecule has 0 aliphatic carbocycles. The average molecular weight is 490 g/mol. The van der Waals surface area contributed by atoms with Crippen molar-refractivity contribution >= 4 is 15.9 Å². The molecule has 0 spiro atoms. The number of hydrogen-bond donors (Lipinski definition) is 1. The first-order valence-corrected chi connectivity index (χ1v) is 11.7. The molecule has 4 rings (SSSR count). The van der Waals surface area contributed by atoms with Crippen molar-refractivity contribution in [3.63, 3.8) is 0 Å². The van der Waals surface area contributed by atoms with Gasteiger partial charge in [0.05, 0.1) is 30.5 Å². The summed E-state index contributed by atoms with van der Waals surface area (Å²) in [7, 11) is -3.87. The van der Waals surface area contributed by atoms with Crippen LogP contribution in [0.1, 0.15) is 23.8 Å². The van der Waals surface area contributed by atoms with Crippen molar-refractivity contribution in [3.8, 4) is 11.1 Å². The minimum absolute atomic E-state index is 0.0469. The third kappa shape index (κ3) is 4.64. The van der Waals surface area contributed by atoms with E-state index in [1.165, 1.54) is 17.2 Å². The Kier molecular flexibility index (Phi) is 5.81. The van der Waals surface area contributed by atoms with Crippen molar-refractivity contribution < 1.29 is 35.2 Å². The number of halogens is 5. The summed E-state index contributed by atoms with van der Waals surface area (Å²) in [5, 5.41) is 3.82. The molecule has 1 fully saturated rings. The van der Waals surface area contributed by atoms with Gasteiger partial charge in [0.1, 0.15) is 17.7 Å². The van der Waals surface area contributed by atoms with E-state index >= 15 is 0 Å². The highest BCUT2D eigenvalue weighted by Gasteiger charge is 2.51. The van der Waals surface area contributed by atoms with E-state index in [1.807, 2.05) is 4.72 Å². The van der Waals surface area contributed by atoms with Crippen LogP contribution in [0, 0.1) is 24.4 Å². The molecule has 1 N–H and O–H groups in total. The lowest BCUT2D eigenvalue weighted by molar-refractivity contribution is -0.00123. The van der Waals surface area contributed by atoms with E-state index in [4.69, 9.17) is 4.84 Å². The SMILES string of the molecule is Cc1cnc(C2CC(N3C[C@@H](NS(C)(=O)=O)C(F)(F)C3)=NO2)c(-c2c(F)ccc(F)c2F)c1. The van der Waals surface area contributed by atoms with E-state index in [2.05, 4.69) is 10.1 Å². The van der Waals surface area contributed by atoms with Gasteiger partial charge in [-0.15, -0.1) is 0 Å². The Morgan fingerprint density at radius 3 is 2.61 bits per heavy atom. The van der Waals surface area contributed by atoms with Crippen molar-refractivity contribution in [2.75, 3.05) is 19.3 Å². The topological polar surface area (TPSA) is 83.9 Å². The summed E-state index contributed by atoms with van der Waals surface area (Å²) in [6.45, 7) is 0.487. The van der Waals surface area contributed by atoms with E-state index in [9.17, 15) is 30.4 Å². The van der Waals surface area contributed by atoms with Crippen LogP contribution < -0.4 is 4.72 Å². The number of alkyl halides is 2. The van der Waals surface area contributed by atoms with Crippen LogP contribution in [0.15, 0.2) is 29.6 Å². The monoisotopic (exact) mass is 490 g/mol. The zero-order chi connectivity index (χ0) is 24.1. The maximum Gasteiger partial charge on any atom is 0.282 e. The van der Waals surface area contributed by atoms with Crippen LogP contribution in [-0.2, 0) is 14.9 Å². The lowest BCUT2D eigenvalue weighted by atomic mass is 9.97. The number of sulfonamides is 1. The van der Waals surface area contributed by atoms with Crippen LogP contribution in [-0.4, -0.2) is 55.4 Å². The third-order valence-electron chi connectivity index (χ3n) is 5.36. The summed E-state index contributed by atoms with van der Waals surface area (Å²) in [5.41, 5.74) is -0.0676. The number of aryl methyl sites for hydroxylation is 1. The Hall–Kier alpha value is -2.80. The van der Waals surface area contributed by atoms with Gasteiger partial charge in [-0.05, 0) is 30.7 Å². The van der Waals surface area contributed by atoms with E-state index in [0.29, 0.717) is 11.6 Å². The molecule has 2 aromatic rings. The quantitative estimate of drug-likeness (QED) is 0.526. The number of nitrogens with zero attached hydrogens (tertiary/aromatic N) is 3. The van der Waals surface area contributed by atoms with Crippen molar-refractivity contribution in [2.24, 2.45) is 5.16 Å². The van der Waals surface area contributed by atoms with E-state index in [1.54, 1.807) is 6.92 Å². The largest absolute Gasteiger partial charge is 0.384 e. The molecule has 178 valence electrons. The van der Waals surface area contributed by atoms with Crippen LogP contribution in [0.25, 0.3) is 11.1 Å². The fourth-order valence-electron chi connectivity index (χ4n) is 3.87. The van der Waals surface area contributed by atoms with Gasteiger partial charge >= 0.3 is 0 Å². The minimum atomic E-state index is -3.87. The maximum atomic E-state index is 14.5. The summed E-state index contributed by atoms with van der Waals surface area (Å²) >= 11 is 0. The molecule has 13 heteroatoms. The first kappa shape index (κ1) is 23.4. The predicted octanol–water partition coefficient (Wildman–Crippen LogP) is 3.12. The standard InChI is InChI=1S/C20H19F5N4O3S/c1-10-5-11(17-12(21)3-4-13(22)18(17)23)19(26-7-10)14-6-16(27-32-14)29-8-15(20(24,25)9-29)28-33(2,30)31/h3-5,7,14-15,28H,6,8-9H2,1-2H3/t14?,15-/m1/s1. The Morgan fingerprint density at radius 1 is 1.21 bits per heavy atom. The van der Waals surface area contributed by atoms with Crippen LogP contribution in [0.5, 0.6) is 0 Å². The van der Waals surface area contributed by atoms with Gasteiger partial charge in [-0.3, -0.25) is 4.98 Å². The third-order valence-corrected chi connectivity index (χ3v) is 6.08. The minimum Gasteiger partial charge on any atom is -0.384 e. The van der Waals surface area contributed by atoms with Crippen LogP contribution in [0.2, 0.25) is 0 Å². The van der Waals surface area contributed by atoms with Crippen molar-refractivity contribution in [1.82, 2.24) is 14.6 Å². The van der Waals surface area contributed by atoms with E-state index in [-0.39, 0.29) is 30.1 Å². The number of aromatic nitrogens is 1. The molecular weight excluding hydrogens is 471 g/mol. The Labute approximate surface area is 186 Å². The lowest BCUT2D eigenvalue weighted by Crippen LogP contribution is -2.46. The van der Waals surface area contributed by atoms with Crippen molar-refractivity contribution in [1.29, 1.82) is 0 Å². The number of rotatable bonds is 4. The first-order valence-electron chi connectivity index (χ1n) is 9.79. The molecule has 2 aliphatic heterocycles. The number of likely N-dealkylation sites (tertiary alicyclic amines) is 1. The summed E-state index contributed by atoms with van der Waals surface area (Å²) in [4.78, 5) is 10.7. The van der Waals surface area contributed by atoms with Crippen LogP contribution >= 0.6 is 0 Å². The van der Waals surface area contributed by atoms with Crippen molar-refractivity contribution in [3.05, 3.63) is 53.1 Å². The molecule has 1 saturated heterocycles. The molecule has 2 atom stereocenters. The highest BCUT2D eigenvalue weighted by atomic mass is 32.2. The molecule has 33 heavy (non-hydrogen) atoms. The number of oxime groups is 1. The molecule has 1 aromatic heterocycles. The summed E-state index contributed by atoms with van der Waals surface area (Å²) in [5.74, 6) is -6.89. The van der Waals surface area contributed by atoms with Gasteiger partial charge < -0.3 is 9.74 Å². The number of nitrogens with one attached hydrogen (secondary N) is 1. The number of pyridine rings is 1. The maximum absolute atomic E-state index is 14.5. The first-order chi connectivity index (χ1) is 15.4. The van der Waals surface area contributed by atoms with Crippen LogP contribution in [0.4, 0.5) is 22.0 Å². The molecule has 3 heterocycles. The predicted molar refractivity (Wildman–Crippen MR) is 108 cm³/mol. The molecule has 0 bridgehead atoms. The Morgan fingerprint density at radius 2 is 1.91 bits per heavy atom. The van der Waals surface area contributed by atoms with Gasteiger partial charge in [0.15, 0.2) is 17.7 Å². The second-order valence-corrected chi connectivity index (χ2v) is 9.83. The molecule has 1 aromatic carbocycles. The molecule has 0 saturated carbocycles. The molecule has 2 aliphatic rings. The average Bonchev–Trinajstić information content (AvgIpc) is 3.29. The van der Waals surface area contributed by atoms with Gasteiger partial charge in [0, 0.05) is 18.3 Å². The van der Waals surface area contributed by atoms with Crippen LogP contribution in [0.3, 0.4) is 0 Å². The molecule has 0 amide bonds. The van der Waals surface area contributed by atoms with E-state index < -0.39 is 57.7 Å². The highest BCUT2D eigenvalue weighted by Crippen LogP contribution is 2.38. The lowest BCUT2D eigenvalue weighted by Gasteiger charge is -2.17. The van der Waals surface area contributed by atoms with Gasteiger partial charge in [0.25, 0.3) is 5.92 Å². The van der Waals surface area contributed by atoms with Gasteiger partial charge in [-0.1, -0.05) is 5.16 Å². The molecule has 7 nitrogen and oxygen atoms in total. The smallest absolute Gasteiger partial charge is 0.282 e. The van der Waals surface area contributed by atoms with E-state index in [0.717, 1.165) is 12.3 Å². The molecule has 0 radical (unpaired) electrons. The highest BCUT2D eigenvalue weighted by molar-refractivity contribution is 7.88. The Bertz CT molecular complexity index is 1240. The summed E-state index contributed by atoms with van der Waals surface area (Å²) in [6, 6.07) is 1.22. The second kappa shape index (κ2) is 8.20. The fourth-order valence-corrected chi connectivity index (χ4v) is 4.63. The second-order valence-electron chi connectivity index (χ2n) is 8.05. The van der Waals surface area contributed by atoms with Gasteiger partial charge in [0.2, 0.25) is 10.0 Å². The summed E-state index contributed by atoms with van der Waals surface area (Å²) < 4.78 is 96.1. The zero-order valence-electron chi connectivity index (χ0n) is 17.4. The molecular formula is C20H19F5N4O3S. The normalized spacial score (nSPS) is 22.4. The number of benzene rings is 1. The number of amidine groups is 1. The zero-order valence-corrected chi connectivity index (χ0v) is 18.3. The van der Waals surface area contributed by atoms with Crippen molar-refractivity contribution in [2.45, 2.75) is 31.4 Å². The summed E-state index contributed by atoms with van der Waals surface area (Å²) in [6.07, 6.45) is 1.16. The van der Waals surface area contributed by atoms with Gasteiger partial charge in [-0.2, -0.15) is 0 Å². The number of hydrogen-bond acceptors (Lipinski definition) is 6. The molecule has 1 unspecified atom stereocenters.